The Balaban J connectivity index is 2.26. The van der Waals surface area contributed by atoms with Gasteiger partial charge in [-0.2, -0.15) is 0 Å². The van der Waals surface area contributed by atoms with Gasteiger partial charge < -0.3 is 5.32 Å². The van der Waals surface area contributed by atoms with Crippen molar-refractivity contribution in [2.24, 2.45) is 5.92 Å². The Kier molecular flexibility index (Phi) is 6.52. The van der Waals surface area contributed by atoms with Crippen molar-refractivity contribution in [1.82, 2.24) is 5.32 Å². The molecule has 0 amide bonds. The van der Waals surface area contributed by atoms with Gasteiger partial charge in [0.05, 0.1) is 0 Å². The number of terminal acetylenes is 1. The largest absolute Gasteiger partial charge is 0.314 e. The molecule has 1 N–H and O–H groups in total. The normalized spacial score (nSPS) is 26.9. The lowest BCUT2D eigenvalue weighted by Gasteiger charge is -2.20. The molecule has 0 aliphatic heterocycles. The minimum atomic E-state index is 0.772. The minimum absolute atomic E-state index is 0.772. The first kappa shape index (κ1) is 12.6. The molecule has 1 aliphatic carbocycles. The third-order valence-electron chi connectivity index (χ3n) is 3.46. The van der Waals surface area contributed by atoms with Crippen molar-refractivity contribution in [3.8, 4) is 12.3 Å². The van der Waals surface area contributed by atoms with Crippen LogP contribution in [0.3, 0.4) is 0 Å². The van der Waals surface area contributed by atoms with Crippen LogP contribution >= 0.6 is 0 Å². The maximum Gasteiger partial charge on any atom is 0.00861 e. The van der Waals surface area contributed by atoms with Gasteiger partial charge >= 0.3 is 0 Å². The first-order valence-electron chi connectivity index (χ1n) is 6.53. The monoisotopic (exact) mass is 207 g/mol. The summed E-state index contributed by atoms with van der Waals surface area (Å²) in [6.45, 7) is 3.32. The standard InChI is InChI=1S/C14H25N/c1-3-5-6-9-13-10-7-8-11-14(12-13)15-4-2/h1,13-15H,4-12H2,2H3. The van der Waals surface area contributed by atoms with E-state index in [9.17, 15) is 0 Å². The van der Waals surface area contributed by atoms with Crippen LogP contribution in [0.2, 0.25) is 0 Å². The SMILES string of the molecule is C#CCCCC1CCCCC(NCC)C1. The quantitative estimate of drug-likeness (QED) is 0.414. The summed E-state index contributed by atoms with van der Waals surface area (Å²) in [5, 5.41) is 3.60. The van der Waals surface area contributed by atoms with Crippen LogP contribution in [0.15, 0.2) is 0 Å². The number of nitrogens with one attached hydrogen (secondary N) is 1. The van der Waals surface area contributed by atoms with Crippen molar-refractivity contribution in [3.63, 3.8) is 0 Å². The van der Waals surface area contributed by atoms with Crippen LogP contribution in [0.1, 0.15) is 58.3 Å². The van der Waals surface area contributed by atoms with Crippen molar-refractivity contribution in [2.45, 2.75) is 64.3 Å². The van der Waals surface area contributed by atoms with Crippen LogP contribution < -0.4 is 5.32 Å². The summed E-state index contributed by atoms with van der Waals surface area (Å²) in [4.78, 5) is 0. The van der Waals surface area contributed by atoms with E-state index in [1.54, 1.807) is 0 Å². The molecule has 2 unspecified atom stereocenters. The molecule has 1 rings (SSSR count). The van der Waals surface area contributed by atoms with Crippen LogP contribution in [-0.2, 0) is 0 Å². The van der Waals surface area contributed by atoms with E-state index in [0.717, 1.165) is 24.9 Å². The number of unbranched alkanes of at least 4 members (excludes halogenated alkanes) is 1. The fourth-order valence-corrected chi connectivity index (χ4v) is 2.69. The molecule has 1 saturated carbocycles. The van der Waals surface area contributed by atoms with Gasteiger partial charge in [-0.3, -0.25) is 0 Å². The number of hydrogen-bond acceptors (Lipinski definition) is 1. The third kappa shape index (κ3) is 5.23. The Morgan fingerprint density at radius 1 is 1.33 bits per heavy atom. The summed E-state index contributed by atoms with van der Waals surface area (Å²) in [6, 6.07) is 0.772. The smallest absolute Gasteiger partial charge is 0.00861 e. The van der Waals surface area contributed by atoms with E-state index in [0.29, 0.717) is 0 Å². The van der Waals surface area contributed by atoms with Gasteiger partial charge in [0.25, 0.3) is 0 Å². The topological polar surface area (TPSA) is 12.0 Å². The van der Waals surface area contributed by atoms with E-state index in [-0.39, 0.29) is 0 Å². The van der Waals surface area contributed by atoms with Crippen LogP contribution in [0.25, 0.3) is 0 Å². The molecule has 1 aliphatic rings. The predicted octanol–water partition coefficient (Wildman–Crippen LogP) is 3.35. The molecule has 86 valence electrons. The Bertz CT molecular complexity index is 192. The van der Waals surface area contributed by atoms with E-state index in [2.05, 4.69) is 18.2 Å². The van der Waals surface area contributed by atoms with Gasteiger partial charge in [-0.05, 0) is 38.1 Å². The summed E-state index contributed by atoms with van der Waals surface area (Å²) in [5.41, 5.74) is 0. The van der Waals surface area contributed by atoms with Gasteiger partial charge in [0.1, 0.15) is 0 Å². The van der Waals surface area contributed by atoms with Gasteiger partial charge in [-0.1, -0.05) is 26.2 Å². The highest BCUT2D eigenvalue weighted by Crippen LogP contribution is 2.27. The maximum atomic E-state index is 5.29. The molecule has 1 fully saturated rings. The van der Waals surface area contributed by atoms with Gasteiger partial charge in [-0.25, -0.2) is 0 Å². The van der Waals surface area contributed by atoms with E-state index < -0.39 is 0 Å². The summed E-state index contributed by atoms with van der Waals surface area (Å²) < 4.78 is 0. The van der Waals surface area contributed by atoms with Crippen LogP contribution in [0.5, 0.6) is 0 Å². The summed E-state index contributed by atoms with van der Waals surface area (Å²) in [6.07, 6.45) is 15.8. The Morgan fingerprint density at radius 3 is 2.87 bits per heavy atom. The van der Waals surface area contributed by atoms with Gasteiger partial charge in [-0.15, -0.1) is 12.3 Å². The van der Waals surface area contributed by atoms with Crippen LogP contribution in [0, 0.1) is 18.3 Å². The van der Waals surface area contributed by atoms with E-state index in [4.69, 9.17) is 6.42 Å². The molecule has 0 saturated heterocycles. The second-order valence-electron chi connectivity index (χ2n) is 4.74. The van der Waals surface area contributed by atoms with E-state index in [1.165, 1.54) is 44.9 Å². The molecule has 2 atom stereocenters. The minimum Gasteiger partial charge on any atom is -0.314 e. The highest BCUT2D eigenvalue weighted by Gasteiger charge is 2.18. The lowest BCUT2D eigenvalue weighted by molar-refractivity contribution is 0.367. The fraction of sp³-hybridized carbons (Fsp3) is 0.857. The molecule has 0 aromatic carbocycles. The van der Waals surface area contributed by atoms with Gasteiger partial charge in [0.15, 0.2) is 0 Å². The van der Waals surface area contributed by atoms with Crippen molar-refractivity contribution in [3.05, 3.63) is 0 Å². The Labute approximate surface area is 95.0 Å². The van der Waals surface area contributed by atoms with Crippen molar-refractivity contribution >= 4 is 0 Å². The van der Waals surface area contributed by atoms with Gasteiger partial charge in [0.2, 0.25) is 0 Å². The molecule has 0 spiro atoms. The molecular formula is C14H25N. The molecule has 0 bridgehead atoms. The second-order valence-corrected chi connectivity index (χ2v) is 4.74. The van der Waals surface area contributed by atoms with Crippen molar-refractivity contribution in [2.75, 3.05) is 6.54 Å². The van der Waals surface area contributed by atoms with Crippen LogP contribution in [-0.4, -0.2) is 12.6 Å². The van der Waals surface area contributed by atoms with Crippen LogP contribution in [0.4, 0.5) is 0 Å². The average Bonchev–Trinajstić information content (AvgIpc) is 2.45. The van der Waals surface area contributed by atoms with E-state index in [1.807, 2.05) is 0 Å². The molecular weight excluding hydrogens is 182 g/mol. The predicted molar refractivity (Wildman–Crippen MR) is 66.7 cm³/mol. The highest BCUT2D eigenvalue weighted by atomic mass is 14.9. The number of rotatable bonds is 5. The second kappa shape index (κ2) is 7.77. The maximum absolute atomic E-state index is 5.29. The Hall–Kier alpha value is -0.480. The first-order valence-corrected chi connectivity index (χ1v) is 6.53. The first-order chi connectivity index (χ1) is 7.36. The number of hydrogen-bond donors (Lipinski definition) is 1. The van der Waals surface area contributed by atoms with E-state index >= 15 is 0 Å². The molecule has 0 heterocycles. The third-order valence-corrected chi connectivity index (χ3v) is 3.46. The van der Waals surface area contributed by atoms with Gasteiger partial charge in [0, 0.05) is 12.5 Å². The summed E-state index contributed by atoms with van der Waals surface area (Å²) in [7, 11) is 0. The molecule has 15 heavy (non-hydrogen) atoms. The Morgan fingerprint density at radius 2 is 2.13 bits per heavy atom. The summed E-state index contributed by atoms with van der Waals surface area (Å²) in [5.74, 6) is 3.66. The molecule has 1 nitrogen and oxygen atoms in total. The molecule has 1 heteroatoms. The zero-order chi connectivity index (χ0) is 10.9. The summed E-state index contributed by atoms with van der Waals surface area (Å²) >= 11 is 0. The molecule has 0 radical (unpaired) electrons. The highest BCUT2D eigenvalue weighted by molar-refractivity contribution is 4.84. The zero-order valence-electron chi connectivity index (χ0n) is 10.1. The fourth-order valence-electron chi connectivity index (χ4n) is 2.69. The molecule has 0 aromatic heterocycles. The lowest BCUT2D eigenvalue weighted by Crippen LogP contribution is -2.29. The average molecular weight is 207 g/mol. The van der Waals surface area contributed by atoms with Crippen molar-refractivity contribution in [1.29, 1.82) is 0 Å². The zero-order valence-corrected chi connectivity index (χ0v) is 10.1. The molecule has 0 aromatic rings. The van der Waals surface area contributed by atoms with Crippen molar-refractivity contribution < 1.29 is 0 Å². The lowest BCUT2D eigenvalue weighted by atomic mass is 9.92.